The lowest BCUT2D eigenvalue weighted by Crippen LogP contribution is -2.06. The van der Waals surface area contributed by atoms with E-state index in [1.807, 2.05) is 31.2 Å². The van der Waals surface area contributed by atoms with E-state index in [-0.39, 0.29) is 0 Å². The molecule has 0 radical (unpaired) electrons. The van der Waals surface area contributed by atoms with Crippen molar-refractivity contribution in [2.24, 2.45) is 7.05 Å². The smallest absolute Gasteiger partial charge is 0.130 e. The van der Waals surface area contributed by atoms with Crippen LogP contribution in [0.15, 0.2) is 30.5 Å². The highest BCUT2D eigenvalue weighted by molar-refractivity contribution is 6.30. The monoisotopic (exact) mass is 302 g/mol. The molecule has 0 aliphatic heterocycles. The summed E-state index contributed by atoms with van der Waals surface area (Å²) in [4.78, 5) is 8.77. The Morgan fingerprint density at radius 3 is 2.67 bits per heavy atom. The molecule has 1 atom stereocenters. The molecule has 0 spiro atoms. The van der Waals surface area contributed by atoms with Gasteiger partial charge in [0.2, 0.25) is 0 Å². The van der Waals surface area contributed by atoms with Crippen molar-refractivity contribution in [3.63, 3.8) is 0 Å². The standard InChI is InChI=1S/C15H15ClN4O/c1-9-10(15(16)20(2)19-9)7-14(21)13-8-17-11-5-3-4-6-12(11)18-13/h3-6,8,14,21H,7H2,1-2H3. The molecule has 0 saturated carbocycles. The maximum atomic E-state index is 10.4. The lowest BCUT2D eigenvalue weighted by molar-refractivity contribution is 0.173. The van der Waals surface area contributed by atoms with Crippen LogP contribution in [-0.4, -0.2) is 24.9 Å². The third kappa shape index (κ3) is 2.62. The Morgan fingerprint density at radius 1 is 1.29 bits per heavy atom. The molecule has 0 fully saturated rings. The summed E-state index contributed by atoms with van der Waals surface area (Å²) in [7, 11) is 1.78. The second kappa shape index (κ2) is 5.42. The van der Waals surface area contributed by atoms with E-state index in [0.717, 1.165) is 22.3 Å². The summed E-state index contributed by atoms with van der Waals surface area (Å²) < 4.78 is 1.60. The summed E-state index contributed by atoms with van der Waals surface area (Å²) in [5.41, 5.74) is 3.76. The largest absolute Gasteiger partial charge is 0.386 e. The maximum Gasteiger partial charge on any atom is 0.130 e. The molecular weight excluding hydrogens is 288 g/mol. The van der Waals surface area contributed by atoms with Gasteiger partial charge in [0.1, 0.15) is 11.3 Å². The van der Waals surface area contributed by atoms with Crippen LogP contribution < -0.4 is 0 Å². The fourth-order valence-corrected chi connectivity index (χ4v) is 2.59. The van der Waals surface area contributed by atoms with Crippen molar-refractivity contribution in [2.75, 3.05) is 0 Å². The number of para-hydroxylation sites is 2. The van der Waals surface area contributed by atoms with Crippen molar-refractivity contribution in [1.82, 2.24) is 19.7 Å². The molecule has 0 aliphatic carbocycles. The highest BCUT2D eigenvalue weighted by atomic mass is 35.5. The summed E-state index contributed by atoms with van der Waals surface area (Å²) in [6.45, 7) is 1.88. The van der Waals surface area contributed by atoms with E-state index >= 15 is 0 Å². The number of aliphatic hydroxyl groups is 1. The van der Waals surface area contributed by atoms with Crippen molar-refractivity contribution < 1.29 is 5.11 Å². The molecule has 1 unspecified atom stereocenters. The topological polar surface area (TPSA) is 63.8 Å². The van der Waals surface area contributed by atoms with Gasteiger partial charge < -0.3 is 5.11 Å². The Hall–Kier alpha value is -1.98. The van der Waals surface area contributed by atoms with Gasteiger partial charge in [0.15, 0.2) is 0 Å². The minimum atomic E-state index is -0.762. The number of nitrogens with zero attached hydrogens (tertiary/aromatic N) is 4. The minimum absolute atomic E-state index is 0.367. The van der Waals surface area contributed by atoms with Crippen molar-refractivity contribution in [3.8, 4) is 0 Å². The van der Waals surface area contributed by atoms with Crippen molar-refractivity contribution in [3.05, 3.63) is 52.6 Å². The van der Waals surface area contributed by atoms with Crippen LogP contribution in [0.4, 0.5) is 0 Å². The number of aliphatic hydroxyl groups excluding tert-OH is 1. The van der Waals surface area contributed by atoms with Crippen LogP contribution in [0.3, 0.4) is 0 Å². The predicted octanol–water partition coefficient (Wildman–Crippen LogP) is 2.60. The number of fused-ring (bicyclic) bond motifs is 1. The zero-order valence-corrected chi connectivity index (χ0v) is 12.5. The Kier molecular flexibility index (Phi) is 3.61. The molecule has 2 heterocycles. The molecule has 21 heavy (non-hydrogen) atoms. The Labute approximate surface area is 127 Å². The van der Waals surface area contributed by atoms with Gasteiger partial charge in [-0.2, -0.15) is 5.10 Å². The van der Waals surface area contributed by atoms with Crippen LogP contribution in [0.25, 0.3) is 11.0 Å². The first kappa shape index (κ1) is 14.0. The normalized spacial score (nSPS) is 12.8. The van der Waals surface area contributed by atoms with Crippen LogP contribution in [0.1, 0.15) is 23.1 Å². The second-order valence-corrected chi connectivity index (χ2v) is 5.34. The van der Waals surface area contributed by atoms with E-state index in [2.05, 4.69) is 15.1 Å². The number of aromatic nitrogens is 4. The lowest BCUT2D eigenvalue weighted by Gasteiger charge is -2.10. The number of benzene rings is 1. The zero-order valence-electron chi connectivity index (χ0n) is 11.8. The van der Waals surface area contributed by atoms with Crippen LogP contribution >= 0.6 is 11.6 Å². The SMILES string of the molecule is Cc1nn(C)c(Cl)c1CC(O)c1cnc2ccccc2n1. The lowest BCUT2D eigenvalue weighted by atomic mass is 10.1. The second-order valence-electron chi connectivity index (χ2n) is 4.98. The molecule has 108 valence electrons. The van der Waals surface area contributed by atoms with Crippen molar-refractivity contribution >= 4 is 22.6 Å². The molecule has 6 heteroatoms. The molecule has 0 amide bonds. The highest BCUT2D eigenvalue weighted by Gasteiger charge is 2.18. The van der Waals surface area contributed by atoms with Gasteiger partial charge in [-0.25, -0.2) is 4.98 Å². The highest BCUT2D eigenvalue weighted by Crippen LogP contribution is 2.25. The predicted molar refractivity (Wildman–Crippen MR) is 81.2 cm³/mol. The van der Waals surface area contributed by atoms with E-state index in [9.17, 15) is 5.11 Å². The Balaban J connectivity index is 1.91. The third-order valence-corrected chi connectivity index (χ3v) is 3.95. The first-order chi connectivity index (χ1) is 10.1. The van der Waals surface area contributed by atoms with Gasteiger partial charge >= 0.3 is 0 Å². The zero-order chi connectivity index (χ0) is 15.0. The summed E-state index contributed by atoms with van der Waals surface area (Å²) in [6, 6.07) is 7.57. The quantitative estimate of drug-likeness (QED) is 0.808. The molecule has 3 aromatic rings. The van der Waals surface area contributed by atoms with Gasteiger partial charge in [-0.15, -0.1) is 0 Å². The third-order valence-electron chi connectivity index (χ3n) is 3.48. The van der Waals surface area contributed by atoms with E-state index in [1.54, 1.807) is 17.9 Å². The number of halogens is 1. The molecule has 1 N–H and O–H groups in total. The molecule has 5 nitrogen and oxygen atoms in total. The first-order valence-electron chi connectivity index (χ1n) is 6.64. The molecule has 1 aromatic carbocycles. The van der Waals surface area contributed by atoms with Gasteiger partial charge in [0.05, 0.1) is 28.6 Å². The Bertz CT molecular complexity index is 799. The van der Waals surface area contributed by atoms with E-state index in [4.69, 9.17) is 11.6 Å². The maximum absolute atomic E-state index is 10.4. The van der Waals surface area contributed by atoms with E-state index in [1.165, 1.54) is 0 Å². The van der Waals surface area contributed by atoms with Gasteiger partial charge in [0.25, 0.3) is 0 Å². The number of hydrogen-bond donors (Lipinski definition) is 1. The van der Waals surface area contributed by atoms with Crippen molar-refractivity contribution in [2.45, 2.75) is 19.4 Å². The van der Waals surface area contributed by atoms with Gasteiger partial charge in [0, 0.05) is 19.0 Å². The molecule has 3 rings (SSSR count). The van der Waals surface area contributed by atoms with Crippen molar-refractivity contribution in [1.29, 1.82) is 0 Å². The molecule has 2 aromatic heterocycles. The summed E-state index contributed by atoms with van der Waals surface area (Å²) in [5.74, 6) is 0. The average Bonchev–Trinajstić information content (AvgIpc) is 2.73. The fourth-order valence-electron chi connectivity index (χ4n) is 2.34. The molecule has 0 bridgehead atoms. The van der Waals surface area contributed by atoms with Crippen LogP contribution in [-0.2, 0) is 13.5 Å². The summed E-state index contributed by atoms with van der Waals surface area (Å²) in [5, 5.41) is 15.2. The number of aryl methyl sites for hydroxylation is 2. The van der Waals surface area contributed by atoms with Gasteiger partial charge in [-0.3, -0.25) is 9.67 Å². The Morgan fingerprint density at radius 2 is 2.00 bits per heavy atom. The van der Waals surface area contributed by atoms with Crippen LogP contribution in [0.5, 0.6) is 0 Å². The van der Waals surface area contributed by atoms with E-state index < -0.39 is 6.10 Å². The average molecular weight is 303 g/mol. The summed E-state index contributed by atoms with van der Waals surface area (Å²) >= 11 is 6.19. The fraction of sp³-hybridized carbons (Fsp3) is 0.267. The van der Waals surface area contributed by atoms with Crippen LogP contribution in [0, 0.1) is 6.92 Å². The molecular formula is C15H15ClN4O. The number of rotatable bonds is 3. The van der Waals surface area contributed by atoms with Gasteiger partial charge in [-0.1, -0.05) is 23.7 Å². The van der Waals surface area contributed by atoms with Crippen LogP contribution in [0.2, 0.25) is 5.15 Å². The first-order valence-corrected chi connectivity index (χ1v) is 7.02. The molecule has 0 saturated heterocycles. The van der Waals surface area contributed by atoms with Gasteiger partial charge in [-0.05, 0) is 19.1 Å². The van der Waals surface area contributed by atoms with E-state index in [0.29, 0.717) is 17.3 Å². The summed E-state index contributed by atoms with van der Waals surface area (Å²) in [6.07, 6.45) is 1.21. The number of hydrogen-bond acceptors (Lipinski definition) is 4. The molecule has 0 aliphatic rings. The minimum Gasteiger partial charge on any atom is -0.386 e.